The molecule has 0 aliphatic heterocycles. The van der Waals surface area contributed by atoms with E-state index in [4.69, 9.17) is 4.74 Å². The maximum Gasteiger partial charge on any atom is 0.243 e. The zero-order valence-corrected chi connectivity index (χ0v) is 25.4. The molecule has 1 atom stereocenters. The van der Waals surface area contributed by atoms with Crippen LogP contribution in [0.2, 0.25) is 0 Å². The summed E-state index contributed by atoms with van der Waals surface area (Å²) in [6.45, 7) is 6.42. The van der Waals surface area contributed by atoms with Crippen LogP contribution >= 0.6 is 0 Å². The van der Waals surface area contributed by atoms with E-state index in [2.05, 4.69) is 5.32 Å². The second-order valence-electron chi connectivity index (χ2n) is 10.2. The molecule has 3 aromatic carbocycles. The van der Waals surface area contributed by atoms with Crippen LogP contribution in [0.25, 0.3) is 0 Å². The van der Waals surface area contributed by atoms with Crippen LogP contribution in [0.5, 0.6) is 5.75 Å². The molecule has 0 heterocycles. The summed E-state index contributed by atoms with van der Waals surface area (Å²) in [5.74, 6) is 0.194. The van der Waals surface area contributed by atoms with Crippen LogP contribution in [0.1, 0.15) is 42.0 Å². The summed E-state index contributed by atoms with van der Waals surface area (Å²) < 4.78 is 32.2. The van der Waals surface area contributed by atoms with Gasteiger partial charge in [0, 0.05) is 32.5 Å². The zero-order chi connectivity index (χ0) is 30.0. The van der Waals surface area contributed by atoms with Gasteiger partial charge in [-0.05, 0) is 67.6 Å². The third-order valence-corrected chi connectivity index (χ3v) is 8.07. The van der Waals surface area contributed by atoms with Crippen molar-refractivity contribution in [2.45, 2.75) is 52.6 Å². The van der Waals surface area contributed by atoms with Crippen LogP contribution < -0.4 is 14.4 Å². The van der Waals surface area contributed by atoms with Crippen molar-refractivity contribution in [1.29, 1.82) is 0 Å². The quantitative estimate of drug-likeness (QED) is 0.300. The fraction of sp³-hybridized carbons (Fsp3) is 0.375. The molecule has 2 amide bonds. The minimum Gasteiger partial charge on any atom is -0.497 e. The van der Waals surface area contributed by atoms with Crippen molar-refractivity contribution in [3.8, 4) is 5.75 Å². The van der Waals surface area contributed by atoms with Crippen LogP contribution in [0.3, 0.4) is 0 Å². The molecular weight excluding hydrogens is 538 g/mol. The Bertz CT molecular complexity index is 1430. The number of amides is 2. The number of aryl methyl sites for hydroxylation is 2. The van der Waals surface area contributed by atoms with Crippen LogP contribution in [0, 0.1) is 13.8 Å². The average Bonchev–Trinajstić information content (AvgIpc) is 2.94. The predicted octanol–water partition coefficient (Wildman–Crippen LogP) is 4.63. The normalized spacial score (nSPS) is 11.9. The van der Waals surface area contributed by atoms with Crippen molar-refractivity contribution in [3.05, 3.63) is 95.1 Å². The summed E-state index contributed by atoms with van der Waals surface area (Å²) in [4.78, 5) is 28.8. The Morgan fingerprint density at radius 3 is 2.32 bits per heavy atom. The van der Waals surface area contributed by atoms with E-state index in [9.17, 15) is 18.0 Å². The SMILES string of the molecule is CCNC(=O)[C@@H](Cc1ccccc1)N(Cc1cccc(OC)c1)C(=O)CCCN(c1cc(C)ccc1C)S(C)(=O)=O. The second-order valence-corrected chi connectivity index (χ2v) is 12.1. The Kier molecular flexibility index (Phi) is 11.3. The first-order valence-electron chi connectivity index (χ1n) is 13.8. The highest BCUT2D eigenvalue weighted by atomic mass is 32.2. The number of ether oxygens (including phenoxy) is 1. The zero-order valence-electron chi connectivity index (χ0n) is 24.6. The Balaban J connectivity index is 1.90. The highest BCUT2D eigenvalue weighted by Gasteiger charge is 2.30. The number of likely N-dealkylation sites (N-methyl/N-ethyl adjacent to an activating group) is 1. The van der Waals surface area contributed by atoms with Gasteiger partial charge in [-0.2, -0.15) is 0 Å². The summed E-state index contributed by atoms with van der Waals surface area (Å²) in [6, 6.07) is 22.0. The topological polar surface area (TPSA) is 96.0 Å². The van der Waals surface area contributed by atoms with Gasteiger partial charge in [-0.15, -0.1) is 0 Å². The first-order chi connectivity index (χ1) is 19.5. The van der Waals surface area contributed by atoms with Gasteiger partial charge in [0.2, 0.25) is 21.8 Å². The minimum absolute atomic E-state index is 0.0749. The molecule has 0 spiro atoms. The lowest BCUT2D eigenvalue weighted by atomic mass is 10.0. The number of anilines is 1. The number of rotatable bonds is 14. The lowest BCUT2D eigenvalue weighted by Gasteiger charge is -2.32. The van der Waals surface area contributed by atoms with Crippen LogP contribution in [-0.2, 0) is 32.6 Å². The molecule has 8 nitrogen and oxygen atoms in total. The number of nitrogens with zero attached hydrogens (tertiary/aromatic N) is 2. The molecule has 0 aliphatic rings. The van der Waals surface area contributed by atoms with E-state index in [-0.39, 0.29) is 31.3 Å². The van der Waals surface area contributed by atoms with Crippen molar-refractivity contribution < 1.29 is 22.7 Å². The molecule has 0 aliphatic carbocycles. The lowest BCUT2D eigenvalue weighted by Crippen LogP contribution is -2.50. The second kappa shape index (κ2) is 14.7. The fourth-order valence-corrected chi connectivity index (χ4v) is 5.80. The lowest BCUT2D eigenvalue weighted by molar-refractivity contribution is -0.141. The Hall–Kier alpha value is -3.85. The number of methoxy groups -OCH3 is 1. The van der Waals surface area contributed by atoms with Crippen LogP contribution in [0.4, 0.5) is 5.69 Å². The summed E-state index contributed by atoms with van der Waals surface area (Å²) in [6.07, 6.45) is 1.89. The van der Waals surface area contributed by atoms with E-state index >= 15 is 0 Å². The predicted molar refractivity (Wildman–Crippen MR) is 164 cm³/mol. The van der Waals surface area contributed by atoms with Gasteiger partial charge in [0.05, 0.1) is 19.1 Å². The Morgan fingerprint density at radius 1 is 0.951 bits per heavy atom. The van der Waals surface area contributed by atoms with Crippen molar-refractivity contribution in [1.82, 2.24) is 10.2 Å². The van der Waals surface area contributed by atoms with E-state index in [1.54, 1.807) is 12.0 Å². The molecule has 0 unspecified atom stereocenters. The molecular formula is C32H41N3O5S. The van der Waals surface area contributed by atoms with Gasteiger partial charge in [-0.3, -0.25) is 13.9 Å². The van der Waals surface area contributed by atoms with E-state index < -0.39 is 16.1 Å². The molecule has 0 bridgehead atoms. The number of benzene rings is 3. The molecule has 0 saturated heterocycles. The van der Waals surface area contributed by atoms with Gasteiger partial charge < -0.3 is 15.0 Å². The summed E-state index contributed by atoms with van der Waals surface area (Å²) in [7, 11) is -2.00. The van der Waals surface area contributed by atoms with Gasteiger partial charge in [-0.25, -0.2) is 8.42 Å². The highest BCUT2D eigenvalue weighted by molar-refractivity contribution is 7.92. The number of hydrogen-bond acceptors (Lipinski definition) is 5. The van der Waals surface area contributed by atoms with Gasteiger partial charge in [0.1, 0.15) is 11.8 Å². The van der Waals surface area contributed by atoms with E-state index in [1.165, 1.54) is 10.6 Å². The molecule has 0 fully saturated rings. The summed E-state index contributed by atoms with van der Waals surface area (Å²) in [5, 5.41) is 2.89. The first kappa shape index (κ1) is 31.7. The third kappa shape index (κ3) is 9.08. The van der Waals surface area contributed by atoms with Crippen molar-refractivity contribution in [2.24, 2.45) is 0 Å². The molecule has 0 aromatic heterocycles. The molecule has 0 saturated carbocycles. The number of nitrogens with one attached hydrogen (secondary N) is 1. The maximum atomic E-state index is 13.9. The standard InChI is InChI=1S/C32H41N3O5S/c1-6-33-32(37)30(22-26-12-8-7-9-13-26)34(23-27-14-10-15-28(21-27)40-4)31(36)16-11-19-35(41(5,38)39)29-20-24(2)17-18-25(29)3/h7-10,12-15,17-18,20-21,30H,6,11,16,19,22-23H2,1-5H3,(H,33,37)/t30-/m1/s1. The maximum absolute atomic E-state index is 13.9. The molecule has 41 heavy (non-hydrogen) atoms. The third-order valence-electron chi connectivity index (χ3n) is 6.89. The Morgan fingerprint density at radius 2 is 1.66 bits per heavy atom. The number of sulfonamides is 1. The average molecular weight is 580 g/mol. The minimum atomic E-state index is -3.58. The molecule has 3 rings (SSSR count). The van der Waals surface area contributed by atoms with Gasteiger partial charge in [-0.1, -0.05) is 54.6 Å². The number of carbonyl (C=O) groups is 2. The molecule has 0 radical (unpaired) electrons. The van der Waals surface area contributed by atoms with E-state index in [0.29, 0.717) is 30.8 Å². The van der Waals surface area contributed by atoms with Gasteiger partial charge in [0.15, 0.2) is 0 Å². The number of carbonyl (C=O) groups excluding carboxylic acids is 2. The molecule has 220 valence electrons. The fourth-order valence-electron chi connectivity index (χ4n) is 4.78. The smallest absolute Gasteiger partial charge is 0.243 e. The van der Waals surface area contributed by atoms with Crippen molar-refractivity contribution >= 4 is 27.5 Å². The molecule has 3 aromatic rings. The summed E-state index contributed by atoms with van der Waals surface area (Å²) in [5.41, 5.74) is 4.16. The molecule has 9 heteroatoms. The highest BCUT2D eigenvalue weighted by Crippen LogP contribution is 2.25. The van der Waals surface area contributed by atoms with Gasteiger partial charge in [0.25, 0.3) is 0 Å². The monoisotopic (exact) mass is 579 g/mol. The summed E-state index contributed by atoms with van der Waals surface area (Å²) >= 11 is 0. The Labute approximate surface area is 244 Å². The largest absolute Gasteiger partial charge is 0.497 e. The van der Waals surface area contributed by atoms with Gasteiger partial charge >= 0.3 is 0 Å². The first-order valence-corrected chi connectivity index (χ1v) is 15.7. The van der Waals surface area contributed by atoms with Crippen LogP contribution in [0.15, 0.2) is 72.8 Å². The number of hydrogen-bond donors (Lipinski definition) is 1. The van der Waals surface area contributed by atoms with E-state index in [1.807, 2.05) is 93.6 Å². The molecule has 1 N–H and O–H groups in total. The van der Waals surface area contributed by atoms with E-state index in [0.717, 1.165) is 22.3 Å². The van der Waals surface area contributed by atoms with Crippen molar-refractivity contribution in [3.63, 3.8) is 0 Å². The van der Waals surface area contributed by atoms with Crippen molar-refractivity contribution in [2.75, 3.05) is 30.8 Å². The van der Waals surface area contributed by atoms with Crippen LogP contribution in [-0.4, -0.2) is 57.6 Å².